The number of carboxylic acid groups (broad SMARTS) is 2. The van der Waals surface area contributed by atoms with E-state index >= 15 is 0 Å². The summed E-state index contributed by atoms with van der Waals surface area (Å²) in [6.07, 6.45) is 4.89. The van der Waals surface area contributed by atoms with E-state index in [-0.39, 0.29) is 18.8 Å². The Hall–Kier alpha value is -3.51. The van der Waals surface area contributed by atoms with Crippen LogP contribution in [0.1, 0.15) is 78.6 Å². The van der Waals surface area contributed by atoms with Crippen LogP contribution in [-0.2, 0) is 33.6 Å². The van der Waals surface area contributed by atoms with Gasteiger partial charge in [0.1, 0.15) is 18.1 Å². The summed E-state index contributed by atoms with van der Waals surface area (Å²) >= 11 is 0. The summed E-state index contributed by atoms with van der Waals surface area (Å²) in [5.74, 6) is -5.80. The lowest BCUT2D eigenvalue weighted by Gasteiger charge is -2.30. The number of hydrogen-bond acceptors (Lipinski definition) is 7. The maximum atomic E-state index is 13.1. The van der Waals surface area contributed by atoms with Crippen molar-refractivity contribution in [2.45, 2.75) is 103 Å². The lowest BCUT2D eigenvalue weighted by atomic mass is 9.84. The van der Waals surface area contributed by atoms with Gasteiger partial charge in [0.05, 0.1) is 6.04 Å². The molecule has 0 aromatic rings. The van der Waals surface area contributed by atoms with E-state index < -0.39 is 78.5 Å². The van der Waals surface area contributed by atoms with Gasteiger partial charge in [0.25, 0.3) is 0 Å². The summed E-state index contributed by atoms with van der Waals surface area (Å²) in [7, 11) is 0. The Morgan fingerprint density at radius 1 is 0.763 bits per heavy atom. The van der Waals surface area contributed by atoms with Crippen LogP contribution < -0.4 is 21.3 Å². The number of amides is 4. The molecule has 38 heavy (non-hydrogen) atoms. The third-order valence-electron chi connectivity index (χ3n) is 6.41. The van der Waals surface area contributed by atoms with Crippen LogP contribution in [0.4, 0.5) is 0 Å². The number of carboxylic acids is 2. The fourth-order valence-corrected chi connectivity index (χ4v) is 4.33. The molecule has 1 aliphatic rings. The van der Waals surface area contributed by atoms with Crippen molar-refractivity contribution >= 4 is 41.9 Å². The van der Waals surface area contributed by atoms with E-state index in [0.717, 1.165) is 39.0 Å². The van der Waals surface area contributed by atoms with Crippen molar-refractivity contribution in [3.8, 4) is 0 Å². The highest BCUT2D eigenvalue weighted by Crippen LogP contribution is 2.26. The standard InChI is InChI=1S/C25H39N4O9/c1-14(2)22(25(38)28-19(13-30)16-7-5-4-6-8-16)29-24(37)18(10-12-21(34)35)27-23(36)17(26-15(3)31)9-11-20(32)33/h14,16-19,22H,4-12H2,1-3H3,(H,26,31)(H,27,36)(H,28,38)(H,29,37)(H,32,33)(H,34,35)/t17-,18-,19?,22-/m0/s1. The summed E-state index contributed by atoms with van der Waals surface area (Å²) in [6, 6.07) is -4.58. The van der Waals surface area contributed by atoms with E-state index in [1.54, 1.807) is 13.8 Å². The smallest absolute Gasteiger partial charge is 0.303 e. The molecule has 4 amide bonds. The quantitative estimate of drug-likeness (QED) is 0.156. The molecule has 13 nitrogen and oxygen atoms in total. The molecule has 4 atom stereocenters. The first-order valence-corrected chi connectivity index (χ1v) is 12.8. The Kier molecular flexibility index (Phi) is 14.0. The normalized spacial score (nSPS) is 16.8. The first-order valence-electron chi connectivity index (χ1n) is 12.8. The minimum atomic E-state index is -1.39. The maximum absolute atomic E-state index is 13.1. The highest BCUT2D eigenvalue weighted by molar-refractivity contribution is 5.95. The molecule has 1 radical (unpaired) electrons. The largest absolute Gasteiger partial charge is 0.481 e. The second-order valence-electron chi connectivity index (χ2n) is 9.91. The van der Waals surface area contributed by atoms with E-state index in [1.807, 2.05) is 6.29 Å². The van der Waals surface area contributed by atoms with Crippen LogP contribution in [0, 0.1) is 11.8 Å². The summed E-state index contributed by atoms with van der Waals surface area (Å²) in [4.78, 5) is 84.1. The van der Waals surface area contributed by atoms with Crippen LogP contribution >= 0.6 is 0 Å². The third kappa shape index (κ3) is 11.7. The Bertz CT molecular complexity index is 871. The molecule has 13 heteroatoms. The number of hydrogen-bond donors (Lipinski definition) is 6. The zero-order valence-electron chi connectivity index (χ0n) is 22.1. The van der Waals surface area contributed by atoms with Gasteiger partial charge in [-0.15, -0.1) is 0 Å². The molecule has 213 valence electrons. The monoisotopic (exact) mass is 539 g/mol. The number of nitrogens with one attached hydrogen (secondary N) is 4. The van der Waals surface area contributed by atoms with E-state index in [2.05, 4.69) is 21.3 Å². The van der Waals surface area contributed by atoms with Gasteiger partial charge in [-0.2, -0.15) is 0 Å². The molecule has 0 aromatic carbocycles. The van der Waals surface area contributed by atoms with Crippen molar-refractivity contribution in [3.05, 3.63) is 0 Å². The summed E-state index contributed by atoms with van der Waals surface area (Å²) in [5, 5.41) is 27.9. The second kappa shape index (κ2) is 16.4. The van der Waals surface area contributed by atoms with Gasteiger partial charge in [0, 0.05) is 19.8 Å². The van der Waals surface area contributed by atoms with E-state index in [1.165, 1.54) is 0 Å². The first kappa shape index (κ1) is 32.5. The van der Waals surface area contributed by atoms with Crippen molar-refractivity contribution in [1.29, 1.82) is 0 Å². The topological polar surface area (TPSA) is 208 Å². The van der Waals surface area contributed by atoms with Crippen LogP contribution in [0.3, 0.4) is 0 Å². The molecule has 0 heterocycles. The second-order valence-corrected chi connectivity index (χ2v) is 9.91. The third-order valence-corrected chi connectivity index (χ3v) is 6.41. The number of carbonyl (C=O) groups is 6. The molecule has 0 spiro atoms. The molecule has 0 saturated heterocycles. The predicted octanol–water partition coefficient (Wildman–Crippen LogP) is 0.0211. The van der Waals surface area contributed by atoms with Gasteiger partial charge in [-0.25, -0.2) is 0 Å². The number of aliphatic carboxylic acids is 2. The molecule has 1 unspecified atom stereocenters. The van der Waals surface area contributed by atoms with Gasteiger partial charge in [-0.1, -0.05) is 33.1 Å². The minimum Gasteiger partial charge on any atom is -0.481 e. The molecular formula is C25H39N4O9. The number of carbonyl (C=O) groups excluding carboxylic acids is 5. The van der Waals surface area contributed by atoms with Crippen LogP contribution in [0.2, 0.25) is 0 Å². The maximum Gasteiger partial charge on any atom is 0.303 e. The minimum absolute atomic E-state index is 0.0483. The SMILES string of the molecule is CC(=O)N[C@@H](CCC(=O)O)C(=O)N[C@@H](CCC(=O)O)C(=O)N[C@H](C(=O)NC([C]=O)C1CCCCC1)C(C)C. The van der Waals surface area contributed by atoms with Gasteiger partial charge < -0.3 is 31.5 Å². The van der Waals surface area contributed by atoms with Crippen LogP contribution in [0.15, 0.2) is 0 Å². The van der Waals surface area contributed by atoms with Gasteiger partial charge in [-0.3, -0.25) is 33.6 Å². The van der Waals surface area contributed by atoms with E-state index in [0.29, 0.717) is 0 Å². The van der Waals surface area contributed by atoms with E-state index in [4.69, 9.17) is 10.2 Å². The van der Waals surface area contributed by atoms with Crippen molar-refractivity contribution in [2.75, 3.05) is 0 Å². The molecule has 1 rings (SSSR count). The molecule has 0 bridgehead atoms. The number of rotatable bonds is 16. The molecule has 6 N–H and O–H groups in total. The van der Waals surface area contributed by atoms with Crippen LogP contribution in [0.5, 0.6) is 0 Å². The zero-order chi connectivity index (χ0) is 28.8. The van der Waals surface area contributed by atoms with Crippen molar-refractivity contribution in [1.82, 2.24) is 21.3 Å². The first-order chi connectivity index (χ1) is 17.8. The van der Waals surface area contributed by atoms with Gasteiger partial charge in [-0.05, 0) is 37.5 Å². The summed E-state index contributed by atoms with van der Waals surface area (Å²) in [6.45, 7) is 4.49. The van der Waals surface area contributed by atoms with Gasteiger partial charge >= 0.3 is 11.9 Å². The molecular weight excluding hydrogens is 500 g/mol. The highest BCUT2D eigenvalue weighted by Gasteiger charge is 2.33. The van der Waals surface area contributed by atoms with Crippen LogP contribution in [-0.4, -0.2) is 76.2 Å². The highest BCUT2D eigenvalue weighted by atomic mass is 16.4. The fraction of sp³-hybridized carbons (Fsp3) is 0.720. The Morgan fingerprint density at radius 2 is 1.26 bits per heavy atom. The lowest BCUT2D eigenvalue weighted by molar-refractivity contribution is -0.140. The zero-order valence-corrected chi connectivity index (χ0v) is 22.1. The van der Waals surface area contributed by atoms with Gasteiger partial charge in [0.15, 0.2) is 0 Å². The van der Waals surface area contributed by atoms with Crippen molar-refractivity contribution < 1.29 is 43.8 Å². The average Bonchev–Trinajstić information content (AvgIpc) is 2.85. The van der Waals surface area contributed by atoms with Crippen molar-refractivity contribution in [2.24, 2.45) is 11.8 Å². The predicted molar refractivity (Wildman–Crippen MR) is 134 cm³/mol. The fourth-order valence-electron chi connectivity index (χ4n) is 4.33. The summed E-state index contributed by atoms with van der Waals surface area (Å²) < 4.78 is 0. The average molecular weight is 540 g/mol. The lowest BCUT2D eigenvalue weighted by Crippen LogP contribution is -2.59. The molecule has 1 saturated carbocycles. The Morgan fingerprint density at radius 3 is 1.71 bits per heavy atom. The van der Waals surface area contributed by atoms with Crippen molar-refractivity contribution in [3.63, 3.8) is 0 Å². The van der Waals surface area contributed by atoms with E-state index in [9.17, 15) is 33.6 Å². The Labute approximate surface area is 221 Å². The molecule has 1 aliphatic carbocycles. The molecule has 1 fully saturated rings. The molecule has 0 aliphatic heterocycles. The summed E-state index contributed by atoms with van der Waals surface area (Å²) in [5.41, 5.74) is 0. The van der Waals surface area contributed by atoms with Gasteiger partial charge in [0.2, 0.25) is 29.9 Å². The molecule has 0 aromatic heterocycles. The van der Waals surface area contributed by atoms with Crippen LogP contribution in [0.25, 0.3) is 0 Å². The Balaban J connectivity index is 3.01.